The molecule has 1 fully saturated rings. The molecule has 0 radical (unpaired) electrons. The molecule has 8 nitrogen and oxygen atoms in total. The SMILES string of the molecule is CCOCCOCCn1ccnc1C1CCN(C(=O)CC2CC(=O)c3ccc(OC)cc32)CC1. The predicted octanol–water partition coefficient (Wildman–Crippen LogP) is 3.41. The second kappa shape index (κ2) is 11.6. The molecule has 1 aromatic heterocycles. The summed E-state index contributed by atoms with van der Waals surface area (Å²) in [4.78, 5) is 32.0. The molecule has 4 rings (SSSR count). The van der Waals surface area contributed by atoms with E-state index in [2.05, 4.69) is 9.55 Å². The number of carbonyl (C=O) groups is 2. The van der Waals surface area contributed by atoms with Crippen LogP contribution in [0.1, 0.15) is 66.2 Å². The zero-order valence-corrected chi connectivity index (χ0v) is 20.2. The molecule has 2 heterocycles. The number of ketones is 1. The van der Waals surface area contributed by atoms with Gasteiger partial charge in [-0.1, -0.05) is 0 Å². The van der Waals surface area contributed by atoms with Crippen molar-refractivity contribution in [3.8, 4) is 5.75 Å². The summed E-state index contributed by atoms with van der Waals surface area (Å²) >= 11 is 0. The van der Waals surface area contributed by atoms with Crippen LogP contribution in [0.3, 0.4) is 0 Å². The van der Waals surface area contributed by atoms with Gasteiger partial charge in [0.1, 0.15) is 11.6 Å². The van der Waals surface area contributed by atoms with E-state index in [0.29, 0.717) is 58.3 Å². The maximum atomic E-state index is 13.1. The van der Waals surface area contributed by atoms with Gasteiger partial charge < -0.3 is 23.7 Å². The number of aromatic nitrogens is 2. The molecule has 0 N–H and O–H groups in total. The van der Waals surface area contributed by atoms with E-state index in [9.17, 15) is 9.59 Å². The summed E-state index contributed by atoms with van der Waals surface area (Å²) in [7, 11) is 1.61. The van der Waals surface area contributed by atoms with Crippen LogP contribution < -0.4 is 4.74 Å². The van der Waals surface area contributed by atoms with Gasteiger partial charge in [-0.25, -0.2) is 4.98 Å². The molecule has 8 heteroatoms. The molecule has 1 atom stereocenters. The molecule has 0 saturated carbocycles. The second-order valence-corrected chi connectivity index (χ2v) is 8.92. The summed E-state index contributed by atoms with van der Waals surface area (Å²) in [5.41, 5.74) is 1.67. The van der Waals surface area contributed by atoms with Crippen molar-refractivity contribution in [2.75, 3.05) is 46.6 Å². The summed E-state index contributed by atoms with van der Waals surface area (Å²) in [6.07, 6.45) is 6.39. The normalized spacial score (nSPS) is 18.4. The number of ether oxygens (including phenoxy) is 3. The van der Waals surface area contributed by atoms with Crippen molar-refractivity contribution in [2.24, 2.45) is 0 Å². The molecule has 184 valence electrons. The number of fused-ring (bicyclic) bond motifs is 1. The summed E-state index contributed by atoms with van der Waals surface area (Å²) in [5, 5.41) is 0. The third kappa shape index (κ3) is 5.67. The highest BCUT2D eigenvalue weighted by Gasteiger charge is 2.33. The quantitative estimate of drug-likeness (QED) is 0.469. The fraction of sp³-hybridized carbons (Fsp3) is 0.577. The maximum absolute atomic E-state index is 13.1. The van der Waals surface area contributed by atoms with Crippen LogP contribution in [-0.2, 0) is 20.8 Å². The first kappa shape index (κ1) is 24.4. The zero-order chi connectivity index (χ0) is 23.9. The largest absolute Gasteiger partial charge is 0.497 e. The Hall–Kier alpha value is -2.71. The molecule has 2 aliphatic rings. The van der Waals surface area contributed by atoms with E-state index in [4.69, 9.17) is 14.2 Å². The number of Topliss-reactive ketones (excluding diaryl/α,β-unsaturated/α-hetero) is 1. The Bertz CT molecular complexity index is 981. The van der Waals surface area contributed by atoms with E-state index in [1.54, 1.807) is 7.11 Å². The topological polar surface area (TPSA) is 82.9 Å². The molecule has 1 saturated heterocycles. The smallest absolute Gasteiger partial charge is 0.223 e. The molecular formula is C26H35N3O5. The maximum Gasteiger partial charge on any atom is 0.223 e. The van der Waals surface area contributed by atoms with E-state index in [1.165, 1.54) is 0 Å². The van der Waals surface area contributed by atoms with Gasteiger partial charge in [-0.2, -0.15) is 0 Å². The third-order valence-corrected chi connectivity index (χ3v) is 6.86. The summed E-state index contributed by atoms with van der Waals surface area (Å²) < 4.78 is 18.4. The monoisotopic (exact) mass is 469 g/mol. The molecular weight excluding hydrogens is 434 g/mol. The molecule has 1 amide bonds. The van der Waals surface area contributed by atoms with Gasteiger partial charge in [0.05, 0.1) is 26.9 Å². The Morgan fingerprint density at radius 3 is 2.71 bits per heavy atom. The lowest BCUT2D eigenvalue weighted by Crippen LogP contribution is -2.39. The lowest BCUT2D eigenvalue weighted by molar-refractivity contribution is -0.132. The molecule has 1 aromatic carbocycles. The van der Waals surface area contributed by atoms with Crippen LogP contribution in [0.2, 0.25) is 0 Å². The molecule has 0 bridgehead atoms. The molecule has 34 heavy (non-hydrogen) atoms. The van der Waals surface area contributed by atoms with Crippen molar-refractivity contribution in [3.63, 3.8) is 0 Å². The van der Waals surface area contributed by atoms with Crippen LogP contribution in [0.5, 0.6) is 5.75 Å². The van der Waals surface area contributed by atoms with Gasteiger partial charge in [-0.15, -0.1) is 0 Å². The number of imidazole rings is 1. The number of amides is 1. The number of hydrogen-bond donors (Lipinski definition) is 0. The Balaban J connectivity index is 1.27. The average Bonchev–Trinajstić information content (AvgIpc) is 3.45. The zero-order valence-electron chi connectivity index (χ0n) is 20.2. The Kier molecular flexibility index (Phi) is 8.34. The number of rotatable bonds is 11. The number of likely N-dealkylation sites (tertiary alicyclic amines) is 1. The van der Waals surface area contributed by atoms with Gasteiger partial charge in [0.15, 0.2) is 5.78 Å². The molecule has 1 aliphatic carbocycles. The first-order valence-electron chi connectivity index (χ1n) is 12.3. The summed E-state index contributed by atoms with van der Waals surface area (Å²) in [5.74, 6) is 2.30. The highest BCUT2D eigenvalue weighted by Crippen LogP contribution is 2.38. The van der Waals surface area contributed by atoms with E-state index >= 15 is 0 Å². The summed E-state index contributed by atoms with van der Waals surface area (Å²) in [6.45, 7) is 6.72. The fourth-order valence-electron chi connectivity index (χ4n) is 5.01. The highest BCUT2D eigenvalue weighted by molar-refractivity contribution is 6.02. The van der Waals surface area contributed by atoms with E-state index in [-0.39, 0.29) is 17.6 Å². The van der Waals surface area contributed by atoms with E-state index < -0.39 is 0 Å². The highest BCUT2D eigenvalue weighted by atomic mass is 16.5. The Labute approximate surface area is 201 Å². The fourth-order valence-corrected chi connectivity index (χ4v) is 5.01. The van der Waals surface area contributed by atoms with Gasteiger partial charge in [-0.3, -0.25) is 9.59 Å². The first-order chi connectivity index (χ1) is 16.6. The van der Waals surface area contributed by atoms with Crippen molar-refractivity contribution < 1.29 is 23.8 Å². The van der Waals surface area contributed by atoms with Crippen LogP contribution in [-0.4, -0.2) is 72.8 Å². The van der Waals surface area contributed by atoms with Crippen molar-refractivity contribution in [1.29, 1.82) is 0 Å². The van der Waals surface area contributed by atoms with Crippen molar-refractivity contribution in [2.45, 2.75) is 51.0 Å². The summed E-state index contributed by atoms with van der Waals surface area (Å²) in [6, 6.07) is 5.53. The number of hydrogen-bond acceptors (Lipinski definition) is 6. The van der Waals surface area contributed by atoms with Crippen molar-refractivity contribution >= 4 is 11.7 Å². The lowest BCUT2D eigenvalue weighted by Gasteiger charge is -2.32. The van der Waals surface area contributed by atoms with Gasteiger partial charge in [-0.05, 0) is 43.5 Å². The standard InChI is InChI=1S/C26H35N3O5/c1-3-33-14-15-34-13-12-29-11-8-27-26(29)19-6-9-28(10-7-19)25(31)17-20-16-24(30)22-5-4-21(32-2)18-23(20)22/h4-5,8,11,18-20H,3,6-7,9-10,12-17H2,1-2H3. The van der Waals surface area contributed by atoms with Crippen LogP contribution in [0.15, 0.2) is 30.6 Å². The molecule has 2 aromatic rings. The van der Waals surface area contributed by atoms with Crippen molar-refractivity contribution in [3.05, 3.63) is 47.5 Å². The molecule has 0 spiro atoms. The molecule has 1 aliphatic heterocycles. The van der Waals surface area contributed by atoms with Crippen LogP contribution in [0.25, 0.3) is 0 Å². The number of methoxy groups -OCH3 is 1. The van der Waals surface area contributed by atoms with E-state index in [0.717, 1.165) is 42.1 Å². The van der Waals surface area contributed by atoms with Gasteiger partial charge >= 0.3 is 0 Å². The van der Waals surface area contributed by atoms with Gasteiger partial charge in [0, 0.05) is 68.9 Å². The lowest BCUT2D eigenvalue weighted by atomic mass is 9.93. The first-order valence-corrected chi connectivity index (χ1v) is 12.3. The van der Waals surface area contributed by atoms with Crippen LogP contribution in [0.4, 0.5) is 0 Å². The number of nitrogens with zero attached hydrogens (tertiary/aromatic N) is 3. The second-order valence-electron chi connectivity index (χ2n) is 8.92. The third-order valence-electron chi connectivity index (χ3n) is 6.86. The average molecular weight is 470 g/mol. The minimum Gasteiger partial charge on any atom is -0.497 e. The number of carbonyl (C=O) groups excluding carboxylic acids is 2. The minimum atomic E-state index is -0.0653. The molecule has 1 unspecified atom stereocenters. The minimum absolute atomic E-state index is 0.0653. The van der Waals surface area contributed by atoms with Gasteiger partial charge in [0.2, 0.25) is 5.91 Å². The van der Waals surface area contributed by atoms with E-state index in [1.807, 2.05) is 42.4 Å². The number of piperidine rings is 1. The Morgan fingerprint density at radius 2 is 1.94 bits per heavy atom. The number of benzene rings is 1. The van der Waals surface area contributed by atoms with Crippen LogP contribution in [0, 0.1) is 0 Å². The van der Waals surface area contributed by atoms with Crippen LogP contribution >= 0.6 is 0 Å². The van der Waals surface area contributed by atoms with Crippen molar-refractivity contribution in [1.82, 2.24) is 14.5 Å². The van der Waals surface area contributed by atoms with Gasteiger partial charge in [0.25, 0.3) is 0 Å². The predicted molar refractivity (Wildman–Crippen MR) is 127 cm³/mol. The Morgan fingerprint density at radius 1 is 1.15 bits per heavy atom.